The zero-order chi connectivity index (χ0) is 9.26. The highest BCUT2D eigenvalue weighted by Gasteiger charge is 2.21. The highest BCUT2D eigenvalue weighted by Crippen LogP contribution is 2.23. The van der Waals surface area contributed by atoms with E-state index >= 15 is 0 Å². The van der Waals surface area contributed by atoms with Crippen LogP contribution in [0.15, 0.2) is 12.4 Å². The van der Waals surface area contributed by atoms with Gasteiger partial charge in [0.15, 0.2) is 0 Å². The van der Waals surface area contributed by atoms with Crippen molar-refractivity contribution < 1.29 is 0 Å². The predicted molar refractivity (Wildman–Crippen MR) is 52.5 cm³/mol. The van der Waals surface area contributed by atoms with Crippen LogP contribution in [0.5, 0.6) is 0 Å². The van der Waals surface area contributed by atoms with Crippen LogP contribution in [-0.2, 0) is 0 Å². The summed E-state index contributed by atoms with van der Waals surface area (Å²) in [6.07, 6.45) is 4.00. The van der Waals surface area contributed by atoms with Crippen molar-refractivity contribution in [3.63, 3.8) is 0 Å². The lowest BCUT2D eigenvalue weighted by molar-refractivity contribution is 0.726. The average molecular weight is 178 g/mol. The molecule has 13 heavy (non-hydrogen) atoms. The van der Waals surface area contributed by atoms with Gasteiger partial charge in [-0.3, -0.25) is 0 Å². The molecule has 1 atom stereocenters. The molecule has 0 saturated carbocycles. The molecule has 2 heterocycles. The third kappa shape index (κ3) is 1.56. The van der Waals surface area contributed by atoms with Gasteiger partial charge < -0.3 is 10.6 Å². The number of anilines is 2. The van der Waals surface area contributed by atoms with Gasteiger partial charge in [0, 0.05) is 18.7 Å². The van der Waals surface area contributed by atoms with Gasteiger partial charge >= 0.3 is 0 Å². The van der Waals surface area contributed by atoms with E-state index < -0.39 is 0 Å². The Labute approximate surface area is 77.8 Å². The molecule has 0 amide bonds. The molecule has 0 bridgehead atoms. The number of nitrogens with zero attached hydrogens (tertiary/aromatic N) is 3. The van der Waals surface area contributed by atoms with E-state index in [4.69, 9.17) is 5.73 Å². The molecule has 1 aliphatic rings. The number of hydrogen-bond donors (Lipinski definition) is 1. The Morgan fingerprint density at radius 2 is 2.38 bits per heavy atom. The Morgan fingerprint density at radius 1 is 1.54 bits per heavy atom. The Balaban J connectivity index is 2.24. The zero-order valence-electron chi connectivity index (χ0n) is 7.77. The second-order valence-corrected chi connectivity index (χ2v) is 3.49. The lowest BCUT2D eigenvalue weighted by atomic mass is 10.2. The highest BCUT2D eigenvalue weighted by molar-refractivity contribution is 5.47. The zero-order valence-corrected chi connectivity index (χ0v) is 7.77. The lowest BCUT2D eigenvalue weighted by Crippen LogP contribution is -2.27. The van der Waals surface area contributed by atoms with E-state index in [1.54, 1.807) is 0 Å². The molecule has 1 unspecified atom stereocenters. The van der Waals surface area contributed by atoms with E-state index in [-0.39, 0.29) is 0 Å². The fourth-order valence-electron chi connectivity index (χ4n) is 1.79. The standard InChI is InChI=1S/C9H14N4/c1-7-3-2-4-13(7)9-5-8(10)11-6-12-9/h5-7H,2-4H2,1H3,(H2,10,11,12). The normalized spacial score (nSPS) is 22.2. The molecule has 2 N–H and O–H groups in total. The molecule has 70 valence electrons. The van der Waals surface area contributed by atoms with E-state index in [0.29, 0.717) is 11.9 Å². The van der Waals surface area contributed by atoms with Crippen LogP contribution in [0.1, 0.15) is 19.8 Å². The summed E-state index contributed by atoms with van der Waals surface area (Å²) in [5.41, 5.74) is 5.59. The van der Waals surface area contributed by atoms with Crippen LogP contribution in [0.25, 0.3) is 0 Å². The Bertz CT molecular complexity index is 299. The molecule has 2 rings (SSSR count). The van der Waals surface area contributed by atoms with Crippen molar-refractivity contribution in [2.45, 2.75) is 25.8 Å². The van der Waals surface area contributed by atoms with Gasteiger partial charge in [0.1, 0.15) is 18.0 Å². The summed E-state index contributed by atoms with van der Waals surface area (Å²) in [5, 5.41) is 0. The SMILES string of the molecule is CC1CCCN1c1cc(N)ncn1. The minimum absolute atomic E-state index is 0.545. The van der Waals surface area contributed by atoms with Crippen LogP contribution in [-0.4, -0.2) is 22.6 Å². The number of rotatable bonds is 1. The smallest absolute Gasteiger partial charge is 0.134 e. The first-order valence-corrected chi connectivity index (χ1v) is 4.61. The monoisotopic (exact) mass is 178 g/mol. The van der Waals surface area contributed by atoms with Gasteiger partial charge in [0.25, 0.3) is 0 Å². The van der Waals surface area contributed by atoms with Gasteiger partial charge in [-0.1, -0.05) is 0 Å². The van der Waals surface area contributed by atoms with E-state index in [2.05, 4.69) is 21.8 Å². The predicted octanol–water partition coefficient (Wildman–Crippen LogP) is 1.05. The molecule has 0 spiro atoms. The maximum Gasteiger partial charge on any atom is 0.134 e. The lowest BCUT2D eigenvalue weighted by Gasteiger charge is -2.22. The molecule has 0 aliphatic carbocycles. The topological polar surface area (TPSA) is 55.0 Å². The van der Waals surface area contributed by atoms with E-state index in [9.17, 15) is 0 Å². The Hall–Kier alpha value is -1.32. The molecule has 0 radical (unpaired) electrons. The van der Waals surface area contributed by atoms with E-state index in [1.807, 2.05) is 6.07 Å². The maximum atomic E-state index is 5.59. The summed E-state index contributed by atoms with van der Waals surface area (Å²) in [6.45, 7) is 3.29. The van der Waals surface area contributed by atoms with Crippen molar-refractivity contribution in [3.8, 4) is 0 Å². The molecular formula is C9H14N4. The summed E-state index contributed by atoms with van der Waals surface area (Å²) in [6, 6.07) is 2.41. The van der Waals surface area contributed by atoms with E-state index in [0.717, 1.165) is 12.4 Å². The molecule has 1 aliphatic heterocycles. The number of aromatic nitrogens is 2. The maximum absolute atomic E-state index is 5.59. The summed E-state index contributed by atoms with van der Waals surface area (Å²) in [4.78, 5) is 10.4. The molecule has 0 aromatic carbocycles. The van der Waals surface area contributed by atoms with Gasteiger partial charge in [-0.15, -0.1) is 0 Å². The Morgan fingerprint density at radius 3 is 3.00 bits per heavy atom. The number of hydrogen-bond acceptors (Lipinski definition) is 4. The van der Waals surface area contributed by atoms with Gasteiger partial charge in [0.05, 0.1) is 0 Å². The van der Waals surface area contributed by atoms with Crippen molar-refractivity contribution in [1.29, 1.82) is 0 Å². The molecule has 1 saturated heterocycles. The first-order valence-electron chi connectivity index (χ1n) is 4.61. The van der Waals surface area contributed by atoms with Gasteiger partial charge in [-0.05, 0) is 19.8 Å². The summed E-state index contributed by atoms with van der Waals surface area (Å²) in [5.74, 6) is 1.50. The fraction of sp³-hybridized carbons (Fsp3) is 0.556. The van der Waals surface area contributed by atoms with Crippen LogP contribution >= 0.6 is 0 Å². The minimum atomic E-state index is 0.545. The quantitative estimate of drug-likeness (QED) is 0.698. The Kier molecular flexibility index (Phi) is 2.04. The van der Waals surface area contributed by atoms with Crippen molar-refractivity contribution >= 4 is 11.6 Å². The highest BCUT2D eigenvalue weighted by atomic mass is 15.2. The first kappa shape index (κ1) is 8.29. The van der Waals surface area contributed by atoms with E-state index in [1.165, 1.54) is 19.2 Å². The molecule has 4 heteroatoms. The first-order chi connectivity index (χ1) is 6.27. The number of nitrogens with two attached hydrogens (primary N) is 1. The van der Waals surface area contributed by atoms with Crippen LogP contribution < -0.4 is 10.6 Å². The van der Waals surface area contributed by atoms with Crippen molar-refractivity contribution in [1.82, 2.24) is 9.97 Å². The van der Waals surface area contributed by atoms with Crippen molar-refractivity contribution in [2.24, 2.45) is 0 Å². The summed E-state index contributed by atoms with van der Waals surface area (Å²) >= 11 is 0. The van der Waals surface area contributed by atoms with Gasteiger partial charge in [0.2, 0.25) is 0 Å². The van der Waals surface area contributed by atoms with Crippen molar-refractivity contribution in [3.05, 3.63) is 12.4 Å². The molecular weight excluding hydrogens is 164 g/mol. The summed E-state index contributed by atoms with van der Waals surface area (Å²) in [7, 11) is 0. The molecule has 4 nitrogen and oxygen atoms in total. The van der Waals surface area contributed by atoms with Crippen LogP contribution in [0.2, 0.25) is 0 Å². The second-order valence-electron chi connectivity index (χ2n) is 3.49. The third-order valence-electron chi connectivity index (χ3n) is 2.52. The third-order valence-corrected chi connectivity index (χ3v) is 2.52. The molecule has 1 aromatic heterocycles. The van der Waals surface area contributed by atoms with Crippen LogP contribution in [0.3, 0.4) is 0 Å². The molecule has 1 aromatic rings. The summed E-state index contributed by atoms with van der Waals surface area (Å²) < 4.78 is 0. The van der Waals surface area contributed by atoms with Crippen LogP contribution in [0, 0.1) is 0 Å². The largest absolute Gasteiger partial charge is 0.384 e. The van der Waals surface area contributed by atoms with Crippen LogP contribution in [0.4, 0.5) is 11.6 Å². The van der Waals surface area contributed by atoms with Crippen molar-refractivity contribution in [2.75, 3.05) is 17.2 Å². The average Bonchev–Trinajstić information content (AvgIpc) is 2.51. The fourth-order valence-corrected chi connectivity index (χ4v) is 1.79. The van der Waals surface area contributed by atoms with Gasteiger partial charge in [-0.2, -0.15) is 0 Å². The molecule has 1 fully saturated rings. The van der Waals surface area contributed by atoms with Gasteiger partial charge in [-0.25, -0.2) is 9.97 Å². The minimum Gasteiger partial charge on any atom is -0.384 e. The number of nitrogen functional groups attached to an aromatic ring is 1. The second kappa shape index (κ2) is 3.20.